The highest BCUT2D eigenvalue weighted by molar-refractivity contribution is 6.30. The molecule has 0 aliphatic rings. The van der Waals surface area contributed by atoms with Gasteiger partial charge in [-0.2, -0.15) is 0 Å². The predicted molar refractivity (Wildman–Crippen MR) is 82.3 cm³/mol. The molecule has 1 unspecified atom stereocenters. The maximum absolute atomic E-state index is 11.6. The Morgan fingerprint density at radius 1 is 1.48 bits per heavy atom. The van der Waals surface area contributed by atoms with Gasteiger partial charge in [-0.05, 0) is 25.5 Å². The molecule has 21 heavy (non-hydrogen) atoms. The lowest BCUT2D eigenvalue weighted by Crippen LogP contribution is -2.33. The van der Waals surface area contributed by atoms with Crippen molar-refractivity contribution in [1.82, 2.24) is 10.6 Å². The van der Waals surface area contributed by atoms with E-state index in [2.05, 4.69) is 10.6 Å². The Hall–Kier alpha value is -1.66. The fraction of sp³-hybridized carbons (Fsp3) is 0.500. The first-order chi connectivity index (χ1) is 9.93. The van der Waals surface area contributed by atoms with E-state index in [0.717, 1.165) is 6.42 Å². The number of rotatable bonds is 8. The van der Waals surface area contributed by atoms with Crippen LogP contribution in [0.3, 0.4) is 0 Å². The third-order valence-corrected chi connectivity index (χ3v) is 3.34. The fourth-order valence-electron chi connectivity index (χ4n) is 1.73. The minimum absolute atomic E-state index is 0.0148. The molecular formula is C14H20ClN3O3. The van der Waals surface area contributed by atoms with E-state index in [1.54, 1.807) is 12.1 Å². The molecule has 6 nitrogen and oxygen atoms in total. The molecule has 1 rings (SSSR count). The third kappa shape index (κ3) is 6.10. The summed E-state index contributed by atoms with van der Waals surface area (Å²) in [5.41, 5.74) is 0.533. The summed E-state index contributed by atoms with van der Waals surface area (Å²) in [6.45, 7) is 4.73. The molecule has 116 valence electrons. The van der Waals surface area contributed by atoms with E-state index in [1.807, 2.05) is 13.8 Å². The van der Waals surface area contributed by atoms with Gasteiger partial charge < -0.3 is 10.6 Å². The van der Waals surface area contributed by atoms with Crippen molar-refractivity contribution in [2.24, 2.45) is 0 Å². The predicted octanol–water partition coefficient (Wildman–Crippen LogP) is 2.64. The zero-order chi connectivity index (χ0) is 15.8. The van der Waals surface area contributed by atoms with E-state index < -0.39 is 4.92 Å². The van der Waals surface area contributed by atoms with Gasteiger partial charge in [-0.1, -0.05) is 18.5 Å². The summed E-state index contributed by atoms with van der Waals surface area (Å²) in [4.78, 5) is 22.0. The number of hydrogen-bond acceptors (Lipinski definition) is 4. The summed E-state index contributed by atoms with van der Waals surface area (Å²) < 4.78 is 0. The molecule has 0 saturated carbocycles. The van der Waals surface area contributed by atoms with Gasteiger partial charge in [-0.3, -0.25) is 14.9 Å². The SMILES string of the molecule is CCC(C)NC(=O)CCNCc1ccc(Cl)cc1[N+](=O)[O-]. The maximum atomic E-state index is 11.6. The van der Waals surface area contributed by atoms with Gasteiger partial charge in [-0.25, -0.2) is 0 Å². The van der Waals surface area contributed by atoms with Gasteiger partial charge in [-0.15, -0.1) is 0 Å². The average molecular weight is 314 g/mol. The summed E-state index contributed by atoms with van der Waals surface area (Å²) in [6.07, 6.45) is 1.22. The van der Waals surface area contributed by atoms with E-state index in [4.69, 9.17) is 11.6 Å². The number of amides is 1. The van der Waals surface area contributed by atoms with Crippen LogP contribution in [0.2, 0.25) is 5.02 Å². The Morgan fingerprint density at radius 3 is 2.81 bits per heavy atom. The van der Waals surface area contributed by atoms with Gasteiger partial charge in [0.25, 0.3) is 5.69 Å². The monoisotopic (exact) mass is 313 g/mol. The number of carbonyl (C=O) groups is 1. The molecule has 1 amide bonds. The summed E-state index contributed by atoms with van der Waals surface area (Å²) in [5, 5.41) is 17.1. The molecule has 0 aliphatic heterocycles. The van der Waals surface area contributed by atoms with Gasteiger partial charge in [0, 0.05) is 42.2 Å². The van der Waals surface area contributed by atoms with Crippen LogP contribution in [0.4, 0.5) is 5.69 Å². The highest BCUT2D eigenvalue weighted by atomic mass is 35.5. The number of carbonyl (C=O) groups excluding carboxylic acids is 1. The Morgan fingerprint density at radius 2 is 2.19 bits per heavy atom. The first-order valence-electron chi connectivity index (χ1n) is 6.87. The number of nitro benzene ring substituents is 1. The van der Waals surface area contributed by atoms with Gasteiger partial charge >= 0.3 is 0 Å². The minimum atomic E-state index is -0.460. The lowest BCUT2D eigenvalue weighted by atomic mass is 10.2. The van der Waals surface area contributed by atoms with Crippen molar-refractivity contribution >= 4 is 23.2 Å². The topological polar surface area (TPSA) is 84.3 Å². The van der Waals surface area contributed by atoms with Crippen LogP contribution in [0.1, 0.15) is 32.3 Å². The molecule has 0 heterocycles. The van der Waals surface area contributed by atoms with Crippen LogP contribution in [0.5, 0.6) is 0 Å². The molecule has 7 heteroatoms. The van der Waals surface area contributed by atoms with Crippen LogP contribution in [0.15, 0.2) is 18.2 Å². The minimum Gasteiger partial charge on any atom is -0.354 e. The molecule has 2 N–H and O–H groups in total. The number of nitro groups is 1. The van der Waals surface area contributed by atoms with Gasteiger partial charge in [0.15, 0.2) is 0 Å². The Bertz CT molecular complexity index is 508. The third-order valence-electron chi connectivity index (χ3n) is 3.11. The molecule has 1 aromatic rings. The maximum Gasteiger partial charge on any atom is 0.275 e. The van der Waals surface area contributed by atoms with Crippen molar-refractivity contribution in [3.63, 3.8) is 0 Å². The van der Waals surface area contributed by atoms with E-state index in [0.29, 0.717) is 30.1 Å². The molecule has 1 atom stereocenters. The smallest absolute Gasteiger partial charge is 0.275 e. The van der Waals surface area contributed by atoms with Crippen molar-refractivity contribution in [2.45, 2.75) is 39.3 Å². The van der Waals surface area contributed by atoms with Crippen LogP contribution in [0.25, 0.3) is 0 Å². The number of benzene rings is 1. The van der Waals surface area contributed by atoms with E-state index in [9.17, 15) is 14.9 Å². The Kier molecular flexibility index (Phi) is 7.11. The lowest BCUT2D eigenvalue weighted by molar-refractivity contribution is -0.385. The zero-order valence-corrected chi connectivity index (χ0v) is 12.9. The number of halogens is 1. The summed E-state index contributed by atoms with van der Waals surface area (Å²) in [6, 6.07) is 4.72. The second-order valence-corrected chi connectivity index (χ2v) is 5.27. The summed E-state index contributed by atoms with van der Waals surface area (Å²) in [7, 11) is 0. The van der Waals surface area contributed by atoms with Crippen LogP contribution in [0, 0.1) is 10.1 Å². The van der Waals surface area contributed by atoms with Crippen LogP contribution >= 0.6 is 11.6 Å². The van der Waals surface area contributed by atoms with Gasteiger partial charge in [0.1, 0.15) is 0 Å². The van der Waals surface area contributed by atoms with Gasteiger partial charge in [0.05, 0.1) is 4.92 Å². The molecule has 0 aromatic heterocycles. The largest absolute Gasteiger partial charge is 0.354 e. The molecule has 0 saturated heterocycles. The van der Waals surface area contributed by atoms with Crippen molar-refractivity contribution in [2.75, 3.05) is 6.54 Å². The van der Waals surface area contributed by atoms with Crippen LogP contribution in [-0.2, 0) is 11.3 Å². The molecular weight excluding hydrogens is 294 g/mol. The lowest BCUT2D eigenvalue weighted by Gasteiger charge is -2.11. The Labute approximate surface area is 129 Å². The summed E-state index contributed by atoms with van der Waals surface area (Å²) >= 11 is 5.75. The highest BCUT2D eigenvalue weighted by Gasteiger charge is 2.13. The molecule has 1 aromatic carbocycles. The normalized spacial score (nSPS) is 12.0. The average Bonchev–Trinajstić information content (AvgIpc) is 2.44. The van der Waals surface area contributed by atoms with E-state index in [1.165, 1.54) is 6.07 Å². The number of hydrogen-bond donors (Lipinski definition) is 2. The Balaban J connectivity index is 2.43. The fourth-order valence-corrected chi connectivity index (χ4v) is 1.90. The first-order valence-corrected chi connectivity index (χ1v) is 7.24. The van der Waals surface area contributed by atoms with Crippen molar-refractivity contribution < 1.29 is 9.72 Å². The van der Waals surface area contributed by atoms with Gasteiger partial charge in [0.2, 0.25) is 5.91 Å². The van der Waals surface area contributed by atoms with Crippen LogP contribution in [-0.4, -0.2) is 23.4 Å². The van der Waals surface area contributed by atoms with Crippen molar-refractivity contribution in [3.05, 3.63) is 38.9 Å². The van der Waals surface area contributed by atoms with Crippen molar-refractivity contribution in [1.29, 1.82) is 0 Å². The quantitative estimate of drug-likeness (QED) is 0.439. The van der Waals surface area contributed by atoms with E-state index >= 15 is 0 Å². The number of nitrogens with zero attached hydrogens (tertiary/aromatic N) is 1. The second kappa shape index (κ2) is 8.59. The molecule has 0 fully saturated rings. The zero-order valence-electron chi connectivity index (χ0n) is 12.2. The molecule has 0 spiro atoms. The van der Waals surface area contributed by atoms with E-state index in [-0.39, 0.29) is 17.6 Å². The summed E-state index contributed by atoms with van der Waals surface area (Å²) in [5.74, 6) is -0.0255. The number of nitrogens with one attached hydrogen (secondary N) is 2. The molecule has 0 bridgehead atoms. The molecule has 0 radical (unpaired) electrons. The highest BCUT2D eigenvalue weighted by Crippen LogP contribution is 2.22. The first kappa shape index (κ1) is 17.4. The molecule has 0 aliphatic carbocycles. The van der Waals surface area contributed by atoms with Crippen LogP contribution < -0.4 is 10.6 Å². The van der Waals surface area contributed by atoms with Crippen molar-refractivity contribution in [3.8, 4) is 0 Å². The standard InChI is InChI=1S/C14H20ClN3O3/c1-3-10(2)17-14(19)6-7-16-9-11-4-5-12(15)8-13(11)18(20)21/h4-5,8,10,16H,3,6-7,9H2,1-2H3,(H,17,19). The second-order valence-electron chi connectivity index (χ2n) is 4.83.